The highest BCUT2D eigenvalue weighted by molar-refractivity contribution is 5.69. The van der Waals surface area contributed by atoms with Crippen LogP contribution >= 0.6 is 0 Å². The molecular weight excluding hydrogens is 242 g/mol. The molecule has 0 atom stereocenters. The number of ether oxygens (including phenoxy) is 1. The third-order valence-corrected chi connectivity index (χ3v) is 2.83. The first-order valence-corrected chi connectivity index (χ1v) is 7.11. The maximum absolute atomic E-state index is 11.2. The van der Waals surface area contributed by atoms with Crippen LogP contribution in [0.5, 0.6) is 0 Å². The van der Waals surface area contributed by atoms with Gasteiger partial charge < -0.3 is 4.74 Å². The Bertz CT molecular complexity index is 283. The summed E-state index contributed by atoms with van der Waals surface area (Å²) in [6.07, 6.45) is 12.5. The van der Waals surface area contributed by atoms with Crippen LogP contribution < -0.4 is 0 Å². The van der Waals surface area contributed by atoms with Crippen molar-refractivity contribution in [3.05, 3.63) is 12.7 Å². The number of isocyanates is 1. The zero-order valence-corrected chi connectivity index (χ0v) is 11.7. The van der Waals surface area contributed by atoms with E-state index in [1.54, 1.807) is 12.2 Å². The Morgan fingerprint density at radius 2 is 1.63 bits per heavy atom. The van der Waals surface area contributed by atoms with E-state index in [4.69, 9.17) is 4.74 Å². The molecule has 0 radical (unpaired) electrons. The lowest BCUT2D eigenvalue weighted by Gasteiger charge is -2.02. The van der Waals surface area contributed by atoms with Gasteiger partial charge in [0.15, 0.2) is 0 Å². The van der Waals surface area contributed by atoms with Crippen LogP contribution in [0.15, 0.2) is 17.6 Å². The van der Waals surface area contributed by atoms with Gasteiger partial charge in [0.05, 0.1) is 6.54 Å². The average molecular weight is 267 g/mol. The third kappa shape index (κ3) is 14.5. The molecule has 0 N–H and O–H groups in total. The van der Waals surface area contributed by atoms with Gasteiger partial charge in [-0.05, 0) is 12.8 Å². The maximum Gasteiger partial charge on any atom is 0.306 e. The minimum absolute atomic E-state index is 0.129. The molecule has 4 heteroatoms. The standard InChI is InChI=1S/C15H25NO3/c1-2-13-19-15(18)11-9-7-5-3-4-6-8-10-12-16-14-17/h2H,1,3-13H2. The second kappa shape index (κ2) is 14.7. The van der Waals surface area contributed by atoms with E-state index >= 15 is 0 Å². The molecule has 0 unspecified atom stereocenters. The largest absolute Gasteiger partial charge is 0.461 e. The van der Waals surface area contributed by atoms with Gasteiger partial charge in [-0.25, -0.2) is 9.79 Å². The highest BCUT2D eigenvalue weighted by Crippen LogP contribution is 2.10. The predicted octanol–water partition coefficient (Wildman–Crippen LogP) is 3.56. The minimum atomic E-state index is -0.129. The number of hydrogen-bond acceptors (Lipinski definition) is 4. The Balaban J connectivity index is 3.12. The molecule has 4 nitrogen and oxygen atoms in total. The summed E-state index contributed by atoms with van der Waals surface area (Å²) in [6.45, 7) is 4.41. The molecule has 0 aromatic carbocycles. The predicted molar refractivity (Wildman–Crippen MR) is 75.7 cm³/mol. The fourth-order valence-electron chi connectivity index (χ4n) is 1.79. The monoisotopic (exact) mass is 267 g/mol. The molecule has 0 saturated heterocycles. The molecule has 0 aliphatic heterocycles. The molecule has 0 fully saturated rings. The van der Waals surface area contributed by atoms with Crippen molar-refractivity contribution in [1.82, 2.24) is 0 Å². The van der Waals surface area contributed by atoms with Gasteiger partial charge in [0, 0.05) is 6.42 Å². The maximum atomic E-state index is 11.2. The second-order valence-electron chi connectivity index (χ2n) is 4.52. The van der Waals surface area contributed by atoms with E-state index in [1.807, 2.05) is 0 Å². The quantitative estimate of drug-likeness (QED) is 0.168. The van der Waals surface area contributed by atoms with Crippen LogP contribution in [0.4, 0.5) is 0 Å². The van der Waals surface area contributed by atoms with Crippen LogP contribution in [0, 0.1) is 0 Å². The first kappa shape index (κ1) is 17.6. The molecule has 0 bridgehead atoms. The Labute approximate surface area is 115 Å². The second-order valence-corrected chi connectivity index (χ2v) is 4.52. The summed E-state index contributed by atoms with van der Waals surface area (Å²) in [5.74, 6) is -0.129. The van der Waals surface area contributed by atoms with E-state index in [-0.39, 0.29) is 5.97 Å². The molecule has 0 rings (SSSR count). The van der Waals surface area contributed by atoms with Crippen molar-refractivity contribution >= 4 is 12.0 Å². The van der Waals surface area contributed by atoms with E-state index in [2.05, 4.69) is 11.6 Å². The van der Waals surface area contributed by atoms with E-state index in [1.165, 1.54) is 25.7 Å². The van der Waals surface area contributed by atoms with E-state index in [9.17, 15) is 9.59 Å². The van der Waals surface area contributed by atoms with Crippen LogP contribution in [-0.4, -0.2) is 25.2 Å². The summed E-state index contributed by atoms with van der Waals surface area (Å²) in [6, 6.07) is 0. The molecule has 0 aromatic heterocycles. The fourth-order valence-corrected chi connectivity index (χ4v) is 1.79. The first-order valence-electron chi connectivity index (χ1n) is 7.11. The number of carbonyl (C=O) groups is 1. The van der Waals surface area contributed by atoms with Gasteiger partial charge in [-0.2, -0.15) is 0 Å². The zero-order chi connectivity index (χ0) is 14.2. The molecule has 0 aliphatic carbocycles. The Morgan fingerprint density at radius 3 is 2.21 bits per heavy atom. The highest BCUT2D eigenvalue weighted by atomic mass is 16.5. The van der Waals surface area contributed by atoms with Crippen molar-refractivity contribution in [2.75, 3.05) is 13.2 Å². The van der Waals surface area contributed by atoms with Gasteiger partial charge in [0.25, 0.3) is 0 Å². The normalized spacial score (nSPS) is 9.68. The molecule has 0 aliphatic rings. The van der Waals surface area contributed by atoms with E-state index in [0.717, 1.165) is 25.7 Å². The van der Waals surface area contributed by atoms with Crippen LogP contribution in [0.2, 0.25) is 0 Å². The molecule has 0 saturated carbocycles. The first-order chi connectivity index (χ1) is 9.31. The SMILES string of the molecule is C=CCOC(=O)CCCCCCCCCCN=C=O. The number of esters is 1. The molecule has 0 amide bonds. The molecular formula is C15H25NO3. The van der Waals surface area contributed by atoms with Crippen LogP contribution in [0.25, 0.3) is 0 Å². The topological polar surface area (TPSA) is 55.7 Å². The van der Waals surface area contributed by atoms with Gasteiger partial charge in [-0.15, -0.1) is 0 Å². The van der Waals surface area contributed by atoms with Gasteiger partial charge in [0.2, 0.25) is 6.08 Å². The van der Waals surface area contributed by atoms with E-state index in [0.29, 0.717) is 19.6 Å². The van der Waals surface area contributed by atoms with Crippen LogP contribution in [0.1, 0.15) is 57.8 Å². The summed E-state index contributed by atoms with van der Waals surface area (Å²) >= 11 is 0. The number of unbranched alkanes of at least 4 members (excludes halogenated alkanes) is 7. The smallest absolute Gasteiger partial charge is 0.306 e. The minimum Gasteiger partial charge on any atom is -0.461 e. The van der Waals surface area contributed by atoms with Gasteiger partial charge >= 0.3 is 5.97 Å². The van der Waals surface area contributed by atoms with Crippen molar-refractivity contribution in [1.29, 1.82) is 0 Å². The molecule has 0 spiro atoms. The van der Waals surface area contributed by atoms with Crippen molar-refractivity contribution in [2.24, 2.45) is 4.99 Å². The summed E-state index contributed by atoms with van der Waals surface area (Å²) in [7, 11) is 0. The third-order valence-electron chi connectivity index (χ3n) is 2.83. The molecule has 108 valence electrons. The van der Waals surface area contributed by atoms with Crippen molar-refractivity contribution in [3.8, 4) is 0 Å². The zero-order valence-electron chi connectivity index (χ0n) is 11.7. The lowest BCUT2D eigenvalue weighted by Crippen LogP contribution is -2.03. The summed E-state index contributed by atoms with van der Waals surface area (Å²) in [4.78, 5) is 24.5. The van der Waals surface area contributed by atoms with Crippen molar-refractivity contribution in [3.63, 3.8) is 0 Å². The van der Waals surface area contributed by atoms with Crippen LogP contribution in [0.3, 0.4) is 0 Å². The Kier molecular flexibility index (Phi) is 13.6. The van der Waals surface area contributed by atoms with Crippen molar-refractivity contribution in [2.45, 2.75) is 57.8 Å². The summed E-state index contributed by atoms with van der Waals surface area (Å²) < 4.78 is 4.89. The molecule has 0 heterocycles. The lowest BCUT2D eigenvalue weighted by molar-refractivity contribution is -0.142. The summed E-state index contributed by atoms with van der Waals surface area (Å²) in [5, 5.41) is 0. The van der Waals surface area contributed by atoms with Crippen molar-refractivity contribution < 1.29 is 14.3 Å². The molecule has 19 heavy (non-hydrogen) atoms. The van der Waals surface area contributed by atoms with Gasteiger partial charge in [0.1, 0.15) is 6.61 Å². The van der Waals surface area contributed by atoms with Gasteiger partial charge in [-0.1, -0.05) is 51.2 Å². The number of hydrogen-bond donors (Lipinski definition) is 0. The fraction of sp³-hybridized carbons (Fsp3) is 0.733. The number of aliphatic imine (C=N–C) groups is 1. The highest BCUT2D eigenvalue weighted by Gasteiger charge is 2.00. The molecule has 0 aromatic rings. The van der Waals surface area contributed by atoms with Crippen LogP contribution in [-0.2, 0) is 14.3 Å². The lowest BCUT2D eigenvalue weighted by atomic mass is 10.1. The average Bonchev–Trinajstić information content (AvgIpc) is 2.42. The Hall–Kier alpha value is -1.41. The van der Waals surface area contributed by atoms with Gasteiger partial charge in [-0.3, -0.25) is 4.79 Å². The van der Waals surface area contributed by atoms with E-state index < -0.39 is 0 Å². The number of rotatable bonds is 13. The Morgan fingerprint density at radius 1 is 1.05 bits per heavy atom. The summed E-state index contributed by atoms with van der Waals surface area (Å²) in [5.41, 5.74) is 0. The number of carbonyl (C=O) groups excluding carboxylic acids is 2. The number of nitrogens with zero attached hydrogens (tertiary/aromatic N) is 1.